The summed E-state index contributed by atoms with van der Waals surface area (Å²) in [5.41, 5.74) is 0.898. The van der Waals surface area contributed by atoms with Gasteiger partial charge in [-0.05, 0) is 31.5 Å². The summed E-state index contributed by atoms with van der Waals surface area (Å²) in [6, 6.07) is 4.85. The number of aromatic nitrogens is 1. The molecule has 0 radical (unpaired) electrons. The lowest BCUT2D eigenvalue weighted by atomic mass is 9.83. The normalized spacial score (nSPS) is 25.3. The Labute approximate surface area is 104 Å². The van der Waals surface area contributed by atoms with E-state index in [0.29, 0.717) is 0 Å². The minimum Gasteiger partial charge on any atom is -0.316 e. The fourth-order valence-corrected chi connectivity index (χ4v) is 3.52. The van der Waals surface area contributed by atoms with Crippen LogP contribution >= 0.6 is 11.3 Å². The van der Waals surface area contributed by atoms with Gasteiger partial charge in [0.1, 0.15) is 10.8 Å². The number of halogens is 1. The first-order valence-corrected chi connectivity index (χ1v) is 6.76. The zero-order valence-corrected chi connectivity index (χ0v) is 10.6. The predicted molar refractivity (Wildman–Crippen MR) is 69.0 cm³/mol. The quantitative estimate of drug-likeness (QED) is 0.841. The van der Waals surface area contributed by atoms with Crippen LogP contribution in [-0.2, 0) is 5.41 Å². The van der Waals surface area contributed by atoms with E-state index in [0.717, 1.165) is 34.7 Å². The maximum Gasteiger partial charge on any atom is 0.125 e. The highest BCUT2D eigenvalue weighted by Crippen LogP contribution is 2.36. The number of rotatable bonds is 1. The third-order valence-corrected chi connectivity index (χ3v) is 4.81. The van der Waals surface area contributed by atoms with Crippen molar-refractivity contribution in [2.24, 2.45) is 0 Å². The summed E-state index contributed by atoms with van der Waals surface area (Å²) in [6.45, 7) is 4.30. The molecule has 0 bridgehead atoms. The summed E-state index contributed by atoms with van der Waals surface area (Å²) in [7, 11) is 0. The topological polar surface area (TPSA) is 24.9 Å². The number of nitrogens with zero attached hydrogens (tertiary/aromatic N) is 1. The fraction of sp³-hybridized carbons (Fsp3) is 0.462. The van der Waals surface area contributed by atoms with Gasteiger partial charge in [-0.3, -0.25) is 0 Å². The molecule has 1 fully saturated rings. The number of hydrogen-bond acceptors (Lipinski definition) is 3. The molecule has 1 saturated heterocycles. The maximum absolute atomic E-state index is 13.1. The Morgan fingerprint density at radius 3 is 3.12 bits per heavy atom. The van der Waals surface area contributed by atoms with Crippen molar-refractivity contribution in [1.82, 2.24) is 10.3 Å². The van der Waals surface area contributed by atoms with E-state index in [9.17, 15) is 4.39 Å². The van der Waals surface area contributed by atoms with Gasteiger partial charge in [-0.1, -0.05) is 6.92 Å². The lowest BCUT2D eigenvalue weighted by molar-refractivity contribution is 0.339. The maximum atomic E-state index is 13.1. The van der Waals surface area contributed by atoms with E-state index in [1.54, 1.807) is 11.3 Å². The molecule has 17 heavy (non-hydrogen) atoms. The zero-order valence-electron chi connectivity index (χ0n) is 9.79. The number of hydrogen-bond donors (Lipinski definition) is 1. The Hall–Kier alpha value is -1.00. The van der Waals surface area contributed by atoms with Crippen molar-refractivity contribution in [2.45, 2.75) is 25.2 Å². The van der Waals surface area contributed by atoms with Gasteiger partial charge in [0.25, 0.3) is 0 Å². The number of piperidine rings is 1. The summed E-state index contributed by atoms with van der Waals surface area (Å²) in [6.07, 6.45) is 2.34. The van der Waals surface area contributed by atoms with E-state index in [1.165, 1.54) is 18.6 Å². The second-order valence-corrected chi connectivity index (χ2v) is 6.00. The number of nitrogens with one attached hydrogen (secondary N) is 1. The van der Waals surface area contributed by atoms with Gasteiger partial charge in [-0.15, -0.1) is 11.3 Å². The smallest absolute Gasteiger partial charge is 0.125 e. The van der Waals surface area contributed by atoms with Gasteiger partial charge in [0, 0.05) is 18.0 Å². The van der Waals surface area contributed by atoms with Gasteiger partial charge in [0.15, 0.2) is 0 Å². The van der Waals surface area contributed by atoms with Crippen molar-refractivity contribution in [3.05, 3.63) is 29.0 Å². The first-order chi connectivity index (χ1) is 8.17. The standard InChI is InChI=1S/C13H15FN2S/c1-13(5-2-6-15-8-13)12-16-10-7-9(14)3-4-11(10)17-12/h3-4,7,15H,2,5-6,8H2,1H3. The zero-order chi connectivity index (χ0) is 11.9. The minimum absolute atomic E-state index is 0.110. The molecule has 1 aromatic carbocycles. The lowest BCUT2D eigenvalue weighted by Gasteiger charge is -2.32. The van der Waals surface area contributed by atoms with E-state index < -0.39 is 0 Å². The highest BCUT2D eigenvalue weighted by Gasteiger charge is 2.31. The average Bonchev–Trinajstić information content (AvgIpc) is 2.73. The minimum atomic E-state index is -0.207. The Morgan fingerprint density at radius 2 is 2.35 bits per heavy atom. The van der Waals surface area contributed by atoms with Crippen LogP contribution in [0.4, 0.5) is 4.39 Å². The lowest BCUT2D eigenvalue weighted by Crippen LogP contribution is -2.40. The predicted octanol–water partition coefficient (Wildman–Crippen LogP) is 3.08. The summed E-state index contributed by atoms with van der Waals surface area (Å²) in [5, 5.41) is 4.55. The van der Waals surface area contributed by atoms with E-state index in [-0.39, 0.29) is 11.2 Å². The molecule has 0 saturated carbocycles. The van der Waals surface area contributed by atoms with Crippen LogP contribution in [0.15, 0.2) is 18.2 Å². The monoisotopic (exact) mass is 250 g/mol. The highest BCUT2D eigenvalue weighted by molar-refractivity contribution is 7.18. The number of thiazole rings is 1. The van der Waals surface area contributed by atoms with E-state index in [4.69, 9.17) is 0 Å². The Kier molecular flexibility index (Phi) is 2.64. The van der Waals surface area contributed by atoms with Gasteiger partial charge < -0.3 is 5.32 Å². The van der Waals surface area contributed by atoms with Crippen molar-refractivity contribution in [3.8, 4) is 0 Å². The third kappa shape index (κ3) is 1.96. The van der Waals surface area contributed by atoms with Gasteiger partial charge in [-0.25, -0.2) is 9.37 Å². The van der Waals surface area contributed by atoms with Crippen molar-refractivity contribution in [2.75, 3.05) is 13.1 Å². The van der Waals surface area contributed by atoms with Crippen LogP contribution in [0.2, 0.25) is 0 Å². The van der Waals surface area contributed by atoms with E-state index in [1.807, 2.05) is 6.07 Å². The molecular weight excluding hydrogens is 235 g/mol. The molecule has 0 aliphatic carbocycles. The largest absolute Gasteiger partial charge is 0.316 e. The number of fused-ring (bicyclic) bond motifs is 1. The molecule has 1 unspecified atom stereocenters. The molecule has 90 valence electrons. The van der Waals surface area contributed by atoms with Gasteiger partial charge in [0.05, 0.1) is 10.2 Å². The summed E-state index contributed by atoms with van der Waals surface area (Å²) >= 11 is 1.69. The van der Waals surface area contributed by atoms with Gasteiger partial charge in [0.2, 0.25) is 0 Å². The van der Waals surface area contributed by atoms with Crippen LogP contribution in [0.5, 0.6) is 0 Å². The Morgan fingerprint density at radius 1 is 1.47 bits per heavy atom. The second-order valence-electron chi connectivity index (χ2n) is 4.97. The van der Waals surface area contributed by atoms with E-state index >= 15 is 0 Å². The molecule has 2 aromatic rings. The van der Waals surface area contributed by atoms with Crippen molar-refractivity contribution in [1.29, 1.82) is 0 Å². The van der Waals surface area contributed by atoms with Crippen LogP contribution in [0.25, 0.3) is 10.2 Å². The van der Waals surface area contributed by atoms with Crippen LogP contribution in [0.1, 0.15) is 24.8 Å². The molecule has 1 aliphatic rings. The summed E-state index contributed by atoms with van der Waals surface area (Å²) in [4.78, 5) is 4.61. The Bertz CT molecular complexity index is 543. The SMILES string of the molecule is CC1(c2nc3cc(F)ccc3s2)CCCNC1. The highest BCUT2D eigenvalue weighted by atomic mass is 32.1. The van der Waals surface area contributed by atoms with Crippen LogP contribution in [0.3, 0.4) is 0 Å². The van der Waals surface area contributed by atoms with E-state index in [2.05, 4.69) is 17.2 Å². The molecule has 2 heterocycles. The molecular formula is C13H15FN2S. The third-order valence-electron chi connectivity index (χ3n) is 3.46. The molecule has 0 amide bonds. The van der Waals surface area contributed by atoms with Gasteiger partial charge >= 0.3 is 0 Å². The molecule has 3 rings (SSSR count). The molecule has 1 aliphatic heterocycles. The molecule has 1 aromatic heterocycles. The fourth-order valence-electron chi connectivity index (χ4n) is 2.40. The van der Waals surface area contributed by atoms with Crippen molar-refractivity contribution >= 4 is 21.6 Å². The summed E-state index contributed by atoms with van der Waals surface area (Å²) < 4.78 is 14.2. The number of benzene rings is 1. The molecule has 2 nitrogen and oxygen atoms in total. The molecule has 1 N–H and O–H groups in total. The first kappa shape index (κ1) is 11.1. The average molecular weight is 250 g/mol. The van der Waals surface area contributed by atoms with Crippen LogP contribution in [-0.4, -0.2) is 18.1 Å². The molecule has 1 atom stereocenters. The molecule has 0 spiro atoms. The second kappa shape index (κ2) is 4.03. The van der Waals surface area contributed by atoms with Crippen LogP contribution < -0.4 is 5.32 Å². The van der Waals surface area contributed by atoms with Gasteiger partial charge in [-0.2, -0.15) is 0 Å². The van der Waals surface area contributed by atoms with Crippen LogP contribution in [0, 0.1) is 5.82 Å². The van der Waals surface area contributed by atoms with Crippen molar-refractivity contribution < 1.29 is 4.39 Å². The van der Waals surface area contributed by atoms with Crippen molar-refractivity contribution in [3.63, 3.8) is 0 Å². The Balaban J connectivity index is 2.05. The first-order valence-electron chi connectivity index (χ1n) is 5.95. The molecule has 4 heteroatoms. The summed E-state index contributed by atoms with van der Waals surface area (Å²) in [5.74, 6) is -0.207.